The number of nitrogens with zero attached hydrogens (tertiary/aromatic N) is 1. The van der Waals surface area contributed by atoms with Crippen molar-refractivity contribution >= 4 is 39.5 Å². The molecule has 0 aliphatic rings. The molecule has 0 aliphatic heterocycles. The molecule has 4 nitrogen and oxygen atoms in total. The normalized spacial score (nSPS) is 10.2. The molecule has 0 atom stereocenters. The van der Waals surface area contributed by atoms with Crippen LogP contribution in [0.25, 0.3) is 10.9 Å². The van der Waals surface area contributed by atoms with Gasteiger partial charge in [-0.25, -0.2) is 4.79 Å². The van der Waals surface area contributed by atoms with E-state index >= 15 is 0 Å². The first-order chi connectivity index (χ1) is 8.17. The van der Waals surface area contributed by atoms with Crippen molar-refractivity contribution in [2.45, 2.75) is 6.92 Å². The number of esters is 1. The van der Waals surface area contributed by atoms with E-state index in [1.807, 2.05) is 0 Å². The van der Waals surface area contributed by atoms with Crippen LogP contribution in [-0.4, -0.2) is 17.6 Å². The minimum atomic E-state index is -0.343. The molecule has 1 N–H and O–H groups in total. The Bertz CT molecular complexity index is 625. The summed E-state index contributed by atoms with van der Waals surface area (Å²) in [7, 11) is 0. The minimum Gasteiger partial charge on any atom is -0.462 e. The molecular formula is C12H9IN2O2. The van der Waals surface area contributed by atoms with Crippen LogP contribution < -0.4 is 0 Å². The summed E-state index contributed by atoms with van der Waals surface area (Å²) >= 11 is 2.09. The fourth-order valence-corrected chi connectivity index (χ4v) is 2.28. The van der Waals surface area contributed by atoms with Gasteiger partial charge in [0.1, 0.15) is 11.8 Å². The average Bonchev–Trinajstić information content (AvgIpc) is 2.66. The molecule has 0 amide bonds. The molecule has 0 aliphatic carbocycles. The maximum atomic E-state index is 11.6. The SMILES string of the molecule is CCOC(=O)c1ccc2[nH]c(C#N)c(I)c2c1. The summed E-state index contributed by atoms with van der Waals surface area (Å²) in [4.78, 5) is 14.6. The minimum absolute atomic E-state index is 0.343. The highest BCUT2D eigenvalue weighted by atomic mass is 127. The predicted octanol–water partition coefficient (Wildman–Crippen LogP) is 2.82. The van der Waals surface area contributed by atoms with E-state index in [0.717, 1.165) is 14.5 Å². The number of H-pyrrole nitrogens is 1. The zero-order valence-electron chi connectivity index (χ0n) is 9.08. The summed E-state index contributed by atoms with van der Waals surface area (Å²) in [6, 6.07) is 7.29. The van der Waals surface area contributed by atoms with Gasteiger partial charge in [0.25, 0.3) is 0 Å². The Morgan fingerprint density at radius 2 is 2.35 bits per heavy atom. The highest BCUT2D eigenvalue weighted by molar-refractivity contribution is 14.1. The molecule has 5 heteroatoms. The van der Waals surface area contributed by atoms with E-state index in [4.69, 9.17) is 10.00 Å². The quantitative estimate of drug-likeness (QED) is 0.675. The third-order valence-electron chi connectivity index (χ3n) is 2.36. The molecular weight excluding hydrogens is 331 g/mol. The summed E-state index contributed by atoms with van der Waals surface area (Å²) in [5.41, 5.74) is 1.86. The van der Waals surface area contributed by atoms with E-state index in [9.17, 15) is 4.79 Å². The van der Waals surface area contributed by atoms with Crippen LogP contribution in [0.3, 0.4) is 0 Å². The molecule has 0 saturated heterocycles. The van der Waals surface area contributed by atoms with Crippen molar-refractivity contribution in [1.82, 2.24) is 4.98 Å². The second-order valence-corrected chi connectivity index (χ2v) is 4.49. The number of fused-ring (bicyclic) bond motifs is 1. The summed E-state index contributed by atoms with van der Waals surface area (Å²) in [5.74, 6) is -0.343. The number of nitriles is 1. The van der Waals surface area contributed by atoms with Gasteiger partial charge in [-0.3, -0.25) is 0 Å². The van der Waals surface area contributed by atoms with Gasteiger partial charge < -0.3 is 9.72 Å². The molecule has 0 radical (unpaired) electrons. The number of rotatable bonds is 2. The number of aromatic amines is 1. The maximum absolute atomic E-state index is 11.6. The van der Waals surface area contributed by atoms with Crippen molar-refractivity contribution in [2.24, 2.45) is 0 Å². The number of nitrogens with one attached hydrogen (secondary N) is 1. The number of ether oxygens (including phenoxy) is 1. The van der Waals surface area contributed by atoms with Gasteiger partial charge in [-0.15, -0.1) is 0 Å². The standard InChI is InChI=1S/C12H9IN2O2/c1-2-17-12(16)7-3-4-9-8(5-7)11(13)10(6-14)15-9/h3-5,15H,2H2,1H3. The van der Waals surface area contributed by atoms with Gasteiger partial charge in [0.2, 0.25) is 0 Å². The maximum Gasteiger partial charge on any atom is 0.338 e. The lowest BCUT2D eigenvalue weighted by atomic mass is 10.1. The summed E-state index contributed by atoms with van der Waals surface area (Å²) in [6.45, 7) is 2.12. The first-order valence-electron chi connectivity index (χ1n) is 5.05. The lowest BCUT2D eigenvalue weighted by Gasteiger charge is -2.01. The summed E-state index contributed by atoms with van der Waals surface area (Å²) < 4.78 is 5.76. The zero-order valence-corrected chi connectivity index (χ0v) is 11.2. The lowest BCUT2D eigenvalue weighted by molar-refractivity contribution is 0.0526. The Morgan fingerprint density at radius 1 is 1.59 bits per heavy atom. The van der Waals surface area contributed by atoms with E-state index in [-0.39, 0.29) is 5.97 Å². The Kier molecular flexibility index (Phi) is 3.33. The summed E-state index contributed by atoms with van der Waals surface area (Å²) in [6.07, 6.45) is 0. The summed E-state index contributed by atoms with van der Waals surface area (Å²) in [5, 5.41) is 9.77. The monoisotopic (exact) mass is 340 g/mol. The van der Waals surface area contributed by atoms with Crippen molar-refractivity contribution in [1.29, 1.82) is 5.26 Å². The van der Waals surface area contributed by atoms with Gasteiger partial charge in [-0.2, -0.15) is 5.26 Å². The molecule has 0 saturated carbocycles. The third-order valence-corrected chi connectivity index (χ3v) is 3.48. The number of hydrogen-bond acceptors (Lipinski definition) is 3. The van der Waals surface area contributed by atoms with Crippen LogP contribution in [0.4, 0.5) is 0 Å². The second-order valence-electron chi connectivity index (χ2n) is 3.41. The lowest BCUT2D eigenvalue weighted by Crippen LogP contribution is -2.04. The Morgan fingerprint density at radius 3 is 3.00 bits per heavy atom. The van der Waals surface area contributed by atoms with Crippen molar-refractivity contribution in [3.05, 3.63) is 33.0 Å². The zero-order chi connectivity index (χ0) is 12.4. The van der Waals surface area contributed by atoms with Crippen LogP contribution in [0.2, 0.25) is 0 Å². The predicted molar refractivity (Wildman–Crippen MR) is 71.7 cm³/mol. The van der Waals surface area contributed by atoms with Gasteiger partial charge in [-0.1, -0.05) is 0 Å². The number of carbonyl (C=O) groups excluding carboxylic acids is 1. The third kappa shape index (κ3) is 2.13. The molecule has 86 valence electrons. The highest BCUT2D eigenvalue weighted by Crippen LogP contribution is 2.25. The highest BCUT2D eigenvalue weighted by Gasteiger charge is 2.12. The molecule has 1 aromatic heterocycles. The largest absolute Gasteiger partial charge is 0.462 e. The number of hydrogen-bond donors (Lipinski definition) is 1. The Labute approximate surface area is 112 Å². The van der Waals surface area contributed by atoms with E-state index < -0.39 is 0 Å². The van der Waals surface area contributed by atoms with Crippen LogP contribution in [0.5, 0.6) is 0 Å². The fourth-order valence-electron chi connectivity index (χ4n) is 1.58. The molecule has 2 aromatic rings. The molecule has 0 fully saturated rings. The first-order valence-corrected chi connectivity index (χ1v) is 6.13. The topological polar surface area (TPSA) is 65.9 Å². The van der Waals surface area contributed by atoms with E-state index in [1.54, 1.807) is 25.1 Å². The Hall–Kier alpha value is -1.55. The van der Waals surface area contributed by atoms with Crippen LogP contribution in [0.1, 0.15) is 23.0 Å². The number of benzene rings is 1. The van der Waals surface area contributed by atoms with E-state index in [2.05, 4.69) is 33.6 Å². The van der Waals surface area contributed by atoms with E-state index in [0.29, 0.717) is 17.9 Å². The van der Waals surface area contributed by atoms with Crippen molar-refractivity contribution < 1.29 is 9.53 Å². The van der Waals surface area contributed by atoms with Gasteiger partial charge in [0.05, 0.1) is 15.7 Å². The smallest absolute Gasteiger partial charge is 0.338 e. The molecule has 17 heavy (non-hydrogen) atoms. The molecule has 0 spiro atoms. The van der Waals surface area contributed by atoms with Gasteiger partial charge in [-0.05, 0) is 47.7 Å². The average molecular weight is 340 g/mol. The number of aromatic nitrogens is 1. The van der Waals surface area contributed by atoms with Crippen LogP contribution in [-0.2, 0) is 4.74 Å². The fraction of sp³-hybridized carbons (Fsp3) is 0.167. The van der Waals surface area contributed by atoms with Crippen molar-refractivity contribution in [3.8, 4) is 6.07 Å². The molecule has 0 bridgehead atoms. The van der Waals surface area contributed by atoms with Crippen LogP contribution in [0, 0.1) is 14.9 Å². The number of halogens is 1. The van der Waals surface area contributed by atoms with Gasteiger partial charge in [0.15, 0.2) is 0 Å². The molecule has 1 heterocycles. The number of carbonyl (C=O) groups is 1. The molecule has 2 rings (SSSR count). The molecule has 1 aromatic carbocycles. The van der Waals surface area contributed by atoms with E-state index in [1.165, 1.54) is 0 Å². The van der Waals surface area contributed by atoms with Gasteiger partial charge in [0, 0.05) is 10.9 Å². The second kappa shape index (κ2) is 4.75. The van der Waals surface area contributed by atoms with Crippen LogP contribution in [0.15, 0.2) is 18.2 Å². The van der Waals surface area contributed by atoms with Crippen LogP contribution >= 0.6 is 22.6 Å². The molecule has 0 unspecified atom stereocenters. The first kappa shape index (κ1) is 11.9. The van der Waals surface area contributed by atoms with Gasteiger partial charge >= 0.3 is 5.97 Å². The van der Waals surface area contributed by atoms with Crippen molar-refractivity contribution in [2.75, 3.05) is 6.61 Å². The van der Waals surface area contributed by atoms with Crippen molar-refractivity contribution in [3.63, 3.8) is 0 Å². The Balaban J connectivity index is 2.54.